The molecular weight excluding hydrogens is 332 g/mol. The van der Waals surface area contributed by atoms with E-state index in [1.807, 2.05) is 30.8 Å². The SMILES string of the molecule is CCOc1ccccc1OC(=O)c1ccc(OCc2nccn2C)cc1. The molecule has 0 aliphatic heterocycles. The summed E-state index contributed by atoms with van der Waals surface area (Å²) in [6.07, 6.45) is 3.58. The van der Waals surface area contributed by atoms with Crippen LogP contribution in [-0.4, -0.2) is 22.1 Å². The van der Waals surface area contributed by atoms with Gasteiger partial charge in [0.1, 0.15) is 18.2 Å². The Balaban J connectivity index is 1.63. The van der Waals surface area contributed by atoms with Crippen molar-refractivity contribution < 1.29 is 19.0 Å². The minimum absolute atomic E-state index is 0.356. The summed E-state index contributed by atoms with van der Waals surface area (Å²) < 4.78 is 18.5. The van der Waals surface area contributed by atoms with Crippen molar-refractivity contribution in [1.82, 2.24) is 9.55 Å². The number of benzene rings is 2. The number of para-hydroxylation sites is 2. The van der Waals surface area contributed by atoms with Crippen LogP contribution in [0.15, 0.2) is 60.9 Å². The number of carbonyl (C=O) groups excluding carboxylic acids is 1. The number of hydrogen-bond donors (Lipinski definition) is 0. The number of aryl methyl sites for hydroxylation is 1. The maximum Gasteiger partial charge on any atom is 0.343 e. The van der Waals surface area contributed by atoms with Gasteiger partial charge in [-0.1, -0.05) is 12.1 Å². The molecule has 0 fully saturated rings. The topological polar surface area (TPSA) is 62.6 Å². The van der Waals surface area contributed by atoms with Crippen molar-refractivity contribution in [2.45, 2.75) is 13.5 Å². The average molecular weight is 352 g/mol. The fourth-order valence-electron chi connectivity index (χ4n) is 2.34. The van der Waals surface area contributed by atoms with Crippen LogP contribution in [0, 0.1) is 0 Å². The van der Waals surface area contributed by atoms with E-state index in [1.165, 1.54) is 0 Å². The molecule has 0 saturated heterocycles. The Morgan fingerprint density at radius 1 is 1.04 bits per heavy atom. The quantitative estimate of drug-likeness (QED) is 0.480. The normalized spacial score (nSPS) is 10.4. The molecule has 3 rings (SSSR count). The monoisotopic (exact) mass is 352 g/mol. The molecule has 3 aromatic rings. The van der Waals surface area contributed by atoms with Gasteiger partial charge in [-0.3, -0.25) is 0 Å². The van der Waals surface area contributed by atoms with Crippen LogP contribution >= 0.6 is 0 Å². The lowest BCUT2D eigenvalue weighted by molar-refractivity contribution is 0.0728. The standard InChI is InChI=1S/C20H20N2O4/c1-3-24-17-6-4-5-7-18(17)26-20(23)15-8-10-16(11-9-15)25-14-19-21-12-13-22(19)2/h4-13H,3,14H2,1-2H3. The van der Waals surface area contributed by atoms with Crippen LogP contribution in [0.5, 0.6) is 17.2 Å². The number of nitrogens with zero attached hydrogens (tertiary/aromatic N) is 2. The minimum atomic E-state index is -0.451. The zero-order valence-electron chi connectivity index (χ0n) is 14.7. The van der Waals surface area contributed by atoms with Crippen molar-refractivity contribution in [3.63, 3.8) is 0 Å². The zero-order valence-corrected chi connectivity index (χ0v) is 14.7. The Labute approximate surface area is 152 Å². The lowest BCUT2D eigenvalue weighted by Gasteiger charge is -2.10. The summed E-state index contributed by atoms with van der Waals surface area (Å²) in [6.45, 7) is 2.73. The second kappa shape index (κ2) is 8.20. The average Bonchev–Trinajstić information content (AvgIpc) is 3.07. The number of ether oxygens (including phenoxy) is 3. The molecule has 6 nitrogen and oxygen atoms in total. The van der Waals surface area contributed by atoms with Crippen molar-refractivity contribution in [3.8, 4) is 17.2 Å². The Hall–Kier alpha value is -3.28. The molecule has 1 heterocycles. The van der Waals surface area contributed by atoms with E-state index in [9.17, 15) is 4.79 Å². The van der Waals surface area contributed by atoms with Gasteiger partial charge in [0.2, 0.25) is 0 Å². The summed E-state index contributed by atoms with van der Waals surface area (Å²) in [5.41, 5.74) is 0.431. The minimum Gasteiger partial charge on any atom is -0.490 e. The Kier molecular flexibility index (Phi) is 5.53. The smallest absolute Gasteiger partial charge is 0.343 e. The Morgan fingerprint density at radius 3 is 2.42 bits per heavy atom. The fourth-order valence-corrected chi connectivity index (χ4v) is 2.34. The first kappa shape index (κ1) is 17.5. The second-order valence-corrected chi connectivity index (χ2v) is 5.54. The molecule has 1 aromatic heterocycles. The van der Waals surface area contributed by atoms with Gasteiger partial charge >= 0.3 is 5.97 Å². The first-order valence-electron chi connectivity index (χ1n) is 8.30. The summed E-state index contributed by atoms with van der Waals surface area (Å²) in [6, 6.07) is 13.9. The van der Waals surface area contributed by atoms with E-state index >= 15 is 0 Å². The lowest BCUT2D eigenvalue weighted by atomic mass is 10.2. The van der Waals surface area contributed by atoms with Gasteiger partial charge in [-0.15, -0.1) is 0 Å². The number of hydrogen-bond acceptors (Lipinski definition) is 5. The van der Waals surface area contributed by atoms with E-state index in [2.05, 4.69) is 4.98 Å². The highest BCUT2D eigenvalue weighted by molar-refractivity contribution is 5.91. The van der Waals surface area contributed by atoms with Gasteiger partial charge in [0.25, 0.3) is 0 Å². The van der Waals surface area contributed by atoms with Crippen LogP contribution in [0.3, 0.4) is 0 Å². The molecule has 0 aliphatic rings. The van der Waals surface area contributed by atoms with Gasteiger partial charge in [0.05, 0.1) is 12.2 Å². The molecule has 134 valence electrons. The molecule has 0 atom stereocenters. The highest BCUT2D eigenvalue weighted by atomic mass is 16.6. The molecule has 0 radical (unpaired) electrons. The zero-order chi connectivity index (χ0) is 18.4. The molecule has 0 saturated carbocycles. The largest absolute Gasteiger partial charge is 0.490 e. The third-order valence-corrected chi connectivity index (χ3v) is 3.73. The maximum atomic E-state index is 12.3. The predicted octanol–water partition coefficient (Wildman–Crippen LogP) is 3.62. The second-order valence-electron chi connectivity index (χ2n) is 5.54. The van der Waals surface area contributed by atoms with Gasteiger partial charge in [0, 0.05) is 19.4 Å². The van der Waals surface area contributed by atoms with Gasteiger partial charge < -0.3 is 18.8 Å². The van der Waals surface area contributed by atoms with Gasteiger partial charge in [-0.25, -0.2) is 9.78 Å². The first-order chi connectivity index (χ1) is 12.7. The van der Waals surface area contributed by atoms with E-state index in [1.54, 1.807) is 48.7 Å². The molecule has 0 N–H and O–H groups in total. The molecule has 0 aliphatic carbocycles. The summed E-state index contributed by atoms with van der Waals surface area (Å²) in [7, 11) is 1.91. The number of rotatable bonds is 7. The van der Waals surface area contributed by atoms with E-state index in [0.717, 1.165) is 5.82 Å². The summed E-state index contributed by atoms with van der Waals surface area (Å²) in [5.74, 6) is 1.96. The van der Waals surface area contributed by atoms with Crippen LogP contribution < -0.4 is 14.2 Å². The molecule has 2 aromatic carbocycles. The molecule has 0 amide bonds. The van der Waals surface area contributed by atoms with Gasteiger partial charge in [-0.05, 0) is 43.3 Å². The van der Waals surface area contributed by atoms with Gasteiger partial charge in [-0.2, -0.15) is 0 Å². The van der Waals surface area contributed by atoms with Crippen molar-refractivity contribution in [3.05, 3.63) is 72.3 Å². The number of esters is 1. The molecular formula is C20H20N2O4. The van der Waals surface area contributed by atoms with Crippen LogP contribution in [0.25, 0.3) is 0 Å². The van der Waals surface area contributed by atoms with Crippen molar-refractivity contribution in [2.24, 2.45) is 7.05 Å². The van der Waals surface area contributed by atoms with Crippen LogP contribution in [0.2, 0.25) is 0 Å². The molecule has 26 heavy (non-hydrogen) atoms. The number of carbonyl (C=O) groups is 1. The number of aromatic nitrogens is 2. The highest BCUT2D eigenvalue weighted by Gasteiger charge is 2.12. The maximum absolute atomic E-state index is 12.3. The van der Waals surface area contributed by atoms with Crippen molar-refractivity contribution in [1.29, 1.82) is 0 Å². The van der Waals surface area contributed by atoms with Crippen LogP contribution in [-0.2, 0) is 13.7 Å². The van der Waals surface area contributed by atoms with E-state index in [4.69, 9.17) is 14.2 Å². The van der Waals surface area contributed by atoms with E-state index < -0.39 is 5.97 Å². The molecule has 0 bridgehead atoms. The number of imidazole rings is 1. The van der Waals surface area contributed by atoms with Crippen molar-refractivity contribution in [2.75, 3.05) is 6.61 Å². The summed E-state index contributed by atoms with van der Waals surface area (Å²) >= 11 is 0. The van der Waals surface area contributed by atoms with Crippen LogP contribution in [0.4, 0.5) is 0 Å². The molecule has 0 unspecified atom stereocenters. The van der Waals surface area contributed by atoms with E-state index in [0.29, 0.717) is 36.0 Å². The Morgan fingerprint density at radius 2 is 1.77 bits per heavy atom. The van der Waals surface area contributed by atoms with Crippen molar-refractivity contribution >= 4 is 5.97 Å². The van der Waals surface area contributed by atoms with Crippen LogP contribution in [0.1, 0.15) is 23.1 Å². The molecule has 0 spiro atoms. The molecule has 6 heteroatoms. The summed E-state index contributed by atoms with van der Waals surface area (Å²) in [5, 5.41) is 0. The van der Waals surface area contributed by atoms with E-state index in [-0.39, 0.29) is 0 Å². The highest BCUT2D eigenvalue weighted by Crippen LogP contribution is 2.27. The first-order valence-corrected chi connectivity index (χ1v) is 8.30. The fraction of sp³-hybridized carbons (Fsp3) is 0.200. The third kappa shape index (κ3) is 4.22. The third-order valence-electron chi connectivity index (χ3n) is 3.73. The lowest BCUT2D eigenvalue weighted by Crippen LogP contribution is -2.09. The Bertz CT molecular complexity index is 872. The van der Waals surface area contributed by atoms with Gasteiger partial charge in [0.15, 0.2) is 11.5 Å². The predicted molar refractivity (Wildman–Crippen MR) is 96.6 cm³/mol. The summed E-state index contributed by atoms with van der Waals surface area (Å²) in [4.78, 5) is 16.5.